The van der Waals surface area contributed by atoms with Crippen LogP contribution in [0.3, 0.4) is 0 Å². The topological polar surface area (TPSA) is 133 Å². The number of alkyl halides is 3. The van der Waals surface area contributed by atoms with E-state index in [0.29, 0.717) is 38.9 Å². The Morgan fingerprint density at radius 3 is 2.75 bits per heavy atom. The molecule has 14 heteroatoms. The van der Waals surface area contributed by atoms with Crippen LogP contribution >= 0.6 is 11.3 Å². The van der Waals surface area contributed by atoms with Crippen LogP contribution in [0.4, 0.5) is 13.2 Å². The van der Waals surface area contributed by atoms with Crippen molar-refractivity contribution in [2.45, 2.75) is 19.6 Å². The van der Waals surface area contributed by atoms with Gasteiger partial charge in [-0.3, -0.25) is 14.3 Å². The Balaban J connectivity index is 1.46. The van der Waals surface area contributed by atoms with Crippen LogP contribution in [0.2, 0.25) is 0 Å². The summed E-state index contributed by atoms with van der Waals surface area (Å²) in [5, 5.41) is 19.0. The second-order valence-corrected chi connectivity index (χ2v) is 9.29. The number of aryl methyl sites for hydroxylation is 1. The normalized spacial score (nSPS) is 11.5. The molecule has 5 aromatic rings. The predicted molar refractivity (Wildman–Crippen MR) is 138 cm³/mol. The number of carbonyl (C=O) groups excluding carboxylic acids is 1. The van der Waals surface area contributed by atoms with Gasteiger partial charge in [-0.05, 0) is 25.1 Å². The zero-order valence-electron chi connectivity index (χ0n) is 20.8. The molecule has 0 atom stereocenters. The first-order valence-corrected chi connectivity index (χ1v) is 12.4. The summed E-state index contributed by atoms with van der Waals surface area (Å²) in [5.74, 6) is -0.0322. The van der Waals surface area contributed by atoms with E-state index in [9.17, 15) is 28.0 Å². The van der Waals surface area contributed by atoms with E-state index in [0.717, 1.165) is 6.07 Å². The van der Waals surface area contributed by atoms with Crippen molar-refractivity contribution in [2.75, 3.05) is 13.7 Å². The molecule has 0 aliphatic rings. The standard InChI is InChI=1S/C26H17F3N6O4S/c1-13-33-18-10-15(26(27,28)29)9-14(11-30)20(18)24(36)35(13)7-8-39-19-4-6-32-34-21(19)16-3-5-31-22-17(25(37)38-2)12-40-23(16)22/h3-6,9-10,12H,7-8H2,1-2H3. The molecule has 0 saturated carbocycles. The molecule has 0 amide bonds. The fraction of sp³-hybridized carbons (Fsp3) is 0.192. The Labute approximate surface area is 227 Å². The van der Waals surface area contributed by atoms with Crippen LogP contribution in [0.15, 0.2) is 46.8 Å². The summed E-state index contributed by atoms with van der Waals surface area (Å²) in [5.41, 5.74) is -0.595. The van der Waals surface area contributed by atoms with Gasteiger partial charge < -0.3 is 9.47 Å². The lowest BCUT2D eigenvalue weighted by Gasteiger charge is -2.15. The smallest absolute Gasteiger partial charge is 0.416 e. The first-order valence-electron chi connectivity index (χ1n) is 11.6. The lowest BCUT2D eigenvalue weighted by molar-refractivity contribution is -0.137. The molecule has 4 aromatic heterocycles. The van der Waals surface area contributed by atoms with Crippen molar-refractivity contribution in [3.05, 3.63) is 74.9 Å². The molecule has 0 unspecified atom stereocenters. The minimum absolute atomic E-state index is 0.0154. The van der Waals surface area contributed by atoms with Crippen molar-refractivity contribution in [1.82, 2.24) is 24.7 Å². The number of nitriles is 1. The van der Waals surface area contributed by atoms with E-state index in [1.165, 1.54) is 42.3 Å². The van der Waals surface area contributed by atoms with E-state index < -0.39 is 28.8 Å². The Hall–Kier alpha value is -4.90. The van der Waals surface area contributed by atoms with Gasteiger partial charge in [0, 0.05) is 23.2 Å². The van der Waals surface area contributed by atoms with E-state index in [1.807, 2.05) is 0 Å². The Morgan fingerprint density at radius 2 is 2.02 bits per heavy atom. The molecule has 10 nitrogen and oxygen atoms in total. The van der Waals surface area contributed by atoms with Crippen molar-refractivity contribution >= 4 is 38.4 Å². The molecule has 0 saturated heterocycles. The van der Waals surface area contributed by atoms with Crippen molar-refractivity contribution in [1.29, 1.82) is 5.26 Å². The summed E-state index contributed by atoms with van der Waals surface area (Å²) in [4.78, 5) is 33.8. The highest BCUT2D eigenvalue weighted by Crippen LogP contribution is 2.37. The number of rotatable bonds is 6. The lowest BCUT2D eigenvalue weighted by atomic mass is 10.1. The van der Waals surface area contributed by atoms with E-state index in [2.05, 4.69) is 20.2 Å². The number of carbonyl (C=O) groups is 1. The minimum atomic E-state index is -4.70. The molecule has 0 aliphatic heterocycles. The van der Waals surface area contributed by atoms with E-state index in [-0.39, 0.29) is 29.9 Å². The van der Waals surface area contributed by atoms with Gasteiger partial charge in [-0.1, -0.05) is 0 Å². The van der Waals surface area contributed by atoms with Gasteiger partial charge in [-0.25, -0.2) is 9.78 Å². The zero-order valence-corrected chi connectivity index (χ0v) is 21.6. The molecular formula is C26H17F3N6O4S. The number of esters is 1. The second-order valence-electron chi connectivity index (χ2n) is 8.41. The van der Waals surface area contributed by atoms with Gasteiger partial charge in [-0.15, -0.1) is 16.4 Å². The number of benzene rings is 1. The van der Waals surface area contributed by atoms with Gasteiger partial charge in [0.15, 0.2) is 0 Å². The maximum absolute atomic E-state index is 13.3. The molecule has 0 N–H and O–H groups in total. The summed E-state index contributed by atoms with van der Waals surface area (Å²) in [6, 6.07) is 6.36. The summed E-state index contributed by atoms with van der Waals surface area (Å²) in [6.07, 6.45) is -1.74. The van der Waals surface area contributed by atoms with Crippen LogP contribution in [0.25, 0.3) is 32.4 Å². The van der Waals surface area contributed by atoms with Crippen molar-refractivity contribution in [3.8, 4) is 23.1 Å². The monoisotopic (exact) mass is 566 g/mol. The number of hydrogen-bond acceptors (Lipinski definition) is 10. The van der Waals surface area contributed by atoms with Gasteiger partial charge in [0.1, 0.15) is 29.9 Å². The molecule has 1 aromatic carbocycles. The van der Waals surface area contributed by atoms with Crippen LogP contribution in [0.5, 0.6) is 5.75 Å². The van der Waals surface area contributed by atoms with E-state index >= 15 is 0 Å². The molecule has 0 aliphatic carbocycles. The molecular weight excluding hydrogens is 549 g/mol. The van der Waals surface area contributed by atoms with Crippen LogP contribution in [-0.2, 0) is 17.5 Å². The summed E-state index contributed by atoms with van der Waals surface area (Å²) in [6.45, 7) is 1.43. The van der Waals surface area contributed by atoms with Gasteiger partial charge in [0.2, 0.25) is 0 Å². The first-order chi connectivity index (χ1) is 19.1. The molecule has 0 radical (unpaired) electrons. The third-order valence-electron chi connectivity index (χ3n) is 6.07. The van der Waals surface area contributed by atoms with Crippen LogP contribution < -0.4 is 10.3 Å². The molecule has 202 valence electrons. The van der Waals surface area contributed by atoms with Crippen molar-refractivity contribution in [3.63, 3.8) is 0 Å². The molecule has 0 fully saturated rings. The number of fused-ring (bicyclic) bond motifs is 2. The largest absolute Gasteiger partial charge is 0.489 e. The number of methoxy groups -OCH3 is 1. The Kier molecular flexibility index (Phi) is 6.90. The molecule has 4 heterocycles. The van der Waals surface area contributed by atoms with Gasteiger partial charge in [0.05, 0.1) is 57.7 Å². The molecule has 0 spiro atoms. The third-order valence-corrected chi connectivity index (χ3v) is 7.07. The Bertz CT molecular complexity index is 1890. The number of thiophene rings is 1. The number of pyridine rings is 1. The van der Waals surface area contributed by atoms with E-state index in [1.54, 1.807) is 23.6 Å². The maximum atomic E-state index is 13.3. The summed E-state index contributed by atoms with van der Waals surface area (Å²) < 4.78 is 52.5. The fourth-order valence-corrected chi connectivity index (χ4v) is 5.23. The van der Waals surface area contributed by atoms with Gasteiger partial charge in [0.25, 0.3) is 5.56 Å². The van der Waals surface area contributed by atoms with Crippen molar-refractivity contribution < 1.29 is 27.4 Å². The highest BCUT2D eigenvalue weighted by atomic mass is 32.1. The van der Waals surface area contributed by atoms with E-state index in [4.69, 9.17) is 9.47 Å². The fourth-order valence-electron chi connectivity index (χ4n) is 4.22. The zero-order chi connectivity index (χ0) is 28.6. The quantitative estimate of drug-likeness (QED) is 0.272. The maximum Gasteiger partial charge on any atom is 0.416 e. The summed E-state index contributed by atoms with van der Waals surface area (Å²) >= 11 is 1.28. The first kappa shape index (κ1) is 26.7. The summed E-state index contributed by atoms with van der Waals surface area (Å²) in [7, 11) is 1.28. The average molecular weight is 567 g/mol. The number of ether oxygens (including phenoxy) is 2. The number of aromatic nitrogens is 5. The van der Waals surface area contributed by atoms with Gasteiger partial charge >= 0.3 is 12.1 Å². The highest BCUT2D eigenvalue weighted by molar-refractivity contribution is 7.18. The number of halogens is 3. The number of hydrogen-bond donors (Lipinski definition) is 0. The molecule has 5 rings (SSSR count). The molecule has 0 bridgehead atoms. The Morgan fingerprint density at radius 1 is 1.23 bits per heavy atom. The van der Waals surface area contributed by atoms with Crippen molar-refractivity contribution in [2.24, 2.45) is 0 Å². The minimum Gasteiger partial charge on any atom is -0.489 e. The second kappa shape index (κ2) is 10.3. The number of nitrogens with zero attached hydrogens (tertiary/aromatic N) is 6. The lowest BCUT2D eigenvalue weighted by Crippen LogP contribution is -2.27. The third kappa shape index (κ3) is 4.71. The molecule has 40 heavy (non-hydrogen) atoms. The average Bonchev–Trinajstić information content (AvgIpc) is 3.38. The predicted octanol–water partition coefficient (Wildman–Crippen LogP) is 4.53. The van der Waals surface area contributed by atoms with Crippen LogP contribution in [0.1, 0.15) is 27.3 Å². The van der Waals surface area contributed by atoms with Crippen LogP contribution in [0, 0.1) is 18.3 Å². The van der Waals surface area contributed by atoms with Gasteiger partial charge in [-0.2, -0.15) is 23.5 Å². The SMILES string of the molecule is COC(=O)c1csc2c(-c3nnccc3OCCn3c(C)nc4cc(C(F)(F)F)cc(C#N)c4c3=O)ccnc12. The van der Waals surface area contributed by atoms with Crippen LogP contribution in [-0.4, -0.2) is 44.4 Å². The highest BCUT2D eigenvalue weighted by Gasteiger charge is 2.32.